The average molecular weight is 372 g/mol. The molecule has 0 spiro atoms. The first-order valence-electron chi connectivity index (χ1n) is 4.36. The van der Waals surface area contributed by atoms with Gasteiger partial charge in [0.05, 0.1) is 0 Å². The molecule has 0 bridgehead atoms. The molecule has 0 fully saturated rings. The van der Waals surface area contributed by atoms with Crippen molar-refractivity contribution < 1.29 is 26.2 Å². The monoisotopic (exact) mass is 370 g/mol. The first kappa shape index (κ1) is 22.3. The Balaban J connectivity index is -0.000000189. The molecular formula is C11H16Cl2P2Zr. The average Bonchev–Trinajstić information content (AvgIpc) is 2.75. The van der Waals surface area contributed by atoms with E-state index in [9.17, 15) is 0 Å². The predicted octanol–water partition coefficient (Wildman–Crippen LogP) is 5.64. The summed E-state index contributed by atoms with van der Waals surface area (Å²) in [4.78, 5) is 0. The third-order valence-electron chi connectivity index (χ3n) is 2.02. The van der Waals surface area contributed by atoms with E-state index >= 15 is 0 Å². The molecule has 16 heavy (non-hydrogen) atoms. The molecule has 0 radical (unpaired) electrons. The van der Waals surface area contributed by atoms with Crippen LogP contribution >= 0.6 is 40.6 Å². The van der Waals surface area contributed by atoms with Gasteiger partial charge in [0.1, 0.15) is 0 Å². The summed E-state index contributed by atoms with van der Waals surface area (Å²) in [5.41, 5.74) is 1.52. The second-order valence-corrected chi connectivity index (χ2v) is 5.94. The Kier molecular flexibility index (Phi) is 17.6. The van der Waals surface area contributed by atoms with Crippen molar-refractivity contribution in [1.82, 2.24) is 0 Å². The van der Waals surface area contributed by atoms with Gasteiger partial charge >= 0.3 is 26.2 Å². The molecule has 0 N–H and O–H groups in total. The van der Waals surface area contributed by atoms with Crippen molar-refractivity contribution in [2.24, 2.45) is 0 Å². The topological polar surface area (TPSA) is 0 Å². The summed E-state index contributed by atoms with van der Waals surface area (Å²) in [5.74, 6) is 0. The zero-order valence-electron chi connectivity index (χ0n) is 9.65. The van der Waals surface area contributed by atoms with Crippen molar-refractivity contribution in [3.63, 3.8) is 0 Å². The fourth-order valence-electron chi connectivity index (χ4n) is 0.902. The molecule has 1 aromatic heterocycles. The number of rotatable bonds is 0. The van der Waals surface area contributed by atoms with Crippen molar-refractivity contribution in [1.29, 1.82) is 0 Å². The van der Waals surface area contributed by atoms with E-state index in [-0.39, 0.29) is 51.0 Å². The second-order valence-electron chi connectivity index (χ2n) is 3.00. The van der Waals surface area contributed by atoms with Gasteiger partial charge in [0.15, 0.2) is 0 Å². The molecule has 0 aromatic carbocycles. The molecule has 1 aliphatic carbocycles. The molecule has 0 amide bonds. The molecule has 1 aliphatic rings. The third-order valence-corrected chi connectivity index (χ3v) is 5.49. The van der Waals surface area contributed by atoms with Crippen LogP contribution in [0.3, 0.4) is 0 Å². The van der Waals surface area contributed by atoms with Crippen LogP contribution < -0.4 is 0 Å². The van der Waals surface area contributed by atoms with E-state index in [1.165, 1.54) is 21.3 Å². The van der Waals surface area contributed by atoms with Crippen LogP contribution in [0.25, 0.3) is 0 Å². The Morgan fingerprint density at radius 1 is 1.31 bits per heavy atom. The standard InChI is InChI=1S/C6H9P2.C5H5.2ClH.Zr/c1-4-5(2)7-8-6(4)3;1-2-4-5-3-1;;;/h1-3H3;1-3H,4H2;2*1H;/q2*-1;;;+2. The van der Waals surface area contributed by atoms with Crippen LogP contribution in [-0.2, 0) is 26.2 Å². The van der Waals surface area contributed by atoms with Gasteiger partial charge in [-0.05, 0) is 0 Å². The van der Waals surface area contributed by atoms with Gasteiger partial charge in [-0.25, -0.2) is 12.2 Å². The van der Waals surface area contributed by atoms with Crippen LogP contribution in [-0.4, -0.2) is 0 Å². The molecule has 0 atom stereocenters. The van der Waals surface area contributed by atoms with Crippen molar-refractivity contribution >= 4 is 40.6 Å². The van der Waals surface area contributed by atoms with Gasteiger partial charge in [-0.15, -0.1) is 45.1 Å². The zero-order valence-corrected chi connectivity index (χ0v) is 15.5. The largest absolute Gasteiger partial charge is 2.00 e. The van der Waals surface area contributed by atoms with Crippen LogP contribution in [0, 0.1) is 26.8 Å². The van der Waals surface area contributed by atoms with Gasteiger partial charge in [-0.1, -0.05) is 6.92 Å². The normalized spacial score (nSPS) is 11.4. The molecule has 2 rings (SSSR count). The quantitative estimate of drug-likeness (QED) is 0.517. The number of hydrogen-bond acceptors (Lipinski definition) is 0. The molecule has 1 heterocycles. The number of allylic oxidation sites excluding steroid dienone is 4. The van der Waals surface area contributed by atoms with Crippen molar-refractivity contribution in [2.45, 2.75) is 27.2 Å². The Morgan fingerprint density at radius 2 is 1.94 bits per heavy atom. The van der Waals surface area contributed by atoms with Crippen molar-refractivity contribution in [2.75, 3.05) is 0 Å². The molecule has 0 unspecified atom stereocenters. The SMILES string of the molecule is Cc1pp[c-](C)c1C.Cl.Cl.[C-]1=CC=CC1.[Zr+2]. The molecule has 0 nitrogen and oxygen atoms in total. The van der Waals surface area contributed by atoms with Gasteiger partial charge in [0, 0.05) is 0 Å². The molecule has 0 saturated heterocycles. The van der Waals surface area contributed by atoms with Gasteiger partial charge in [0.2, 0.25) is 0 Å². The van der Waals surface area contributed by atoms with Gasteiger partial charge in [-0.3, -0.25) is 6.08 Å². The summed E-state index contributed by atoms with van der Waals surface area (Å²) >= 11 is 0. The Morgan fingerprint density at radius 3 is 2.06 bits per heavy atom. The molecule has 5 heteroatoms. The summed E-state index contributed by atoms with van der Waals surface area (Å²) in [6, 6.07) is 0. The Bertz CT molecular complexity index is 303. The maximum atomic E-state index is 2.99. The van der Waals surface area contributed by atoms with Gasteiger partial charge in [0.25, 0.3) is 0 Å². The maximum absolute atomic E-state index is 2.99. The minimum Gasteiger partial charge on any atom is -0.273 e. The van der Waals surface area contributed by atoms with Crippen LogP contribution in [0.5, 0.6) is 0 Å². The zero-order chi connectivity index (χ0) is 9.68. The van der Waals surface area contributed by atoms with Crippen molar-refractivity contribution in [3.8, 4) is 0 Å². The molecule has 1 aromatic rings. The van der Waals surface area contributed by atoms with Crippen LogP contribution in [0.15, 0.2) is 18.2 Å². The summed E-state index contributed by atoms with van der Waals surface area (Å²) in [7, 11) is 2.99. The van der Waals surface area contributed by atoms with E-state index in [0.29, 0.717) is 0 Å². The molecule has 88 valence electrons. The van der Waals surface area contributed by atoms with Crippen LogP contribution in [0.1, 0.15) is 22.6 Å². The first-order valence-corrected chi connectivity index (χ1v) is 6.86. The van der Waals surface area contributed by atoms with E-state index < -0.39 is 0 Å². The molecule has 0 aliphatic heterocycles. The number of aryl methyl sites for hydroxylation is 2. The smallest absolute Gasteiger partial charge is 0.273 e. The Labute approximate surface area is 133 Å². The van der Waals surface area contributed by atoms with E-state index in [0.717, 1.165) is 6.42 Å². The first-order chi connectivity index (χ1) is 6.22. The van der Waals surface area contributed by atoms with E-state index in [1.54, 1.807) is 10.6 Å². The van der Waals surface area contributed by atoms with Gasteiger partial charge < -0.3 is 0 Å². The van der Waals surface area contributed by atoms with Gasteiger partial charge in [-0.2, -0.15) is 38.0 Å². The fourth-order valence-corrected chi connectivity index (χ4v) is 3.73. The van der Waals surface area contributed by atoms with E-state index in [1.807, 2.05) is 12.2 Å². The summed E-state index contributed by atoms with van der Waals surface area (Å²) in [6.45, 7) is 6.62. The minimum absolute atomic E-state index is 0. The summed E-state index contributed by atoms with van der Waals surface area (Å²) < 4.78 is 0. The molecular weight excluding hydrogens is 356 g/mol. The summed E-state index contributed by atoms with van der Waals surface area (Å²) in [5, 5.41) is 3.09. The number of halogens is 2. The minimum atomic E-state index is 0. The van der Waals surface area contributed by atoms with Crippen LogP contribution in [0.4, 0.5) is 0 Å². The van der Waals surface area contributed by atoms with E-state index in [2.05, 4.69) is 32.9 Å². The Hall–Kier alpha value is 1.15. The third kappa shape index (κ3) is 8.27. The van der Waals surface area contributed by atoms with E-state index in [4.69, 9.17) is 0 Å². The van der Waals surface area contributed by atoms with Crippen LogP contribution in [0.2, 0.25) is 0 Å². The second kappa shape index (κ2) is 12.6. The summed E-state index contributed by atoms with van der Waals surface area (Å²) in [6.07, 6.45) is 10.0. The fraction of sp³-hybridized carbons (Fsp3) is 0.364. The number of hydrogen-bond donors (Lipinski definition) is 0. The van der Waals surface area contributed by atoms with Crippen molar-refractivity contribution in [3.05, 3.63) is 40.5 Å². The maximum Gasteiger partial charge on any atom is 2.00 e. The molecule has 0 saturated carbocycles. The predicted molar refractivity (Wildman–Crippen MR) is 77.3 cm³/mol.